The smallest absolute Gasteiger partial charge is 0.315 e. The summed E-state index contributed by atoms with van der Waals surface area (Å²) in [7, 11) is 0. The number of aliphatic carboxylic acids is 1. The van der Waals surface area contributed by atoms with Crippen LogP contribution in [-0.2, 0) is 4.79 Å². The number of carboxylic acid groups (broad SMARTS) is 1. The average Bonchev–Trinajstić information content (AvgIpc) is 2.88. The first-order valence-electron chi connectivity index (χ1n) is 6.62. The topological polar surface area (TPSA) is 91.3 Å². The second kappa shape index (κ2) is 7.84. The fourth-order valence-corrected chi connectivity index (χ4v) is 2.54. The zero-order chi connectivity index (χ0) is 15.1. The van der Waals surface area contributed by atoms with E-state index in [1.54, 1.807) is 6.20 Å². The Hall–Kier alpha value is -1.63. The summed E-state index contributed by atoms with van der Waals surface area (Å²) in [6.45, 7) is 5.72. The molecule has 20 heavy (non-hydrogen) atoms. The summed E-state index contributed by atoms with van der Waals surface area (Å²) in [6, 6.07) is -0.503. The molecule has 1 aromatic rings. The molecule has 2 amide bonds. The SMILES string of the molecule is CCC(NC(=O)NCC(C(=O)O)C(C)C)c1nccs1. The van der Waals surface area contributed by atoms with E-state index in [2.05, 4.69) is 15.6 Å². The monoisotopic (exact) mass is 299 g/mol. The zero-order valence-corrected chi connectivity index (χ0v) is 12.7. The van der Waals surface area contributed by atoms with Gasteiger partial charge in [-0.1, -0.05) is 20.8 Å². The van der Waals surface area contributed by atoms with Gasteiger partial charge in [0.25, 0.3) is 0 Å². The van der Waals surface area contributed by atoms with Gasteiger partial charge in [-0.05, 0) is 12.3 Å². The van der Waals surface area contributed by atoms with Crippen molar-refractivity contribution in [2.75, 3.05) is 6.54 Å². The van der Waals surface area contributed by atoms with Crippen LogP contribution < -0.4 is 10.6 Å². The van der Waals surface area contributed by atoms with Gasteiger partial charge >= 0.3 is 12.0 Å². The first kappa shape index (κ1) is 16.4. The van der Waals surface area contributed by atoms with E-state index in [0.717, 1.165) is 11.4 Å². The molecule has 1 heterocycles. The molecule has 2 atom stereocenters. The van der Waals surface area contributed by atoms with Crippen LogP contribution in [0.15, 0.2) is 11.6 Å². The quantitative estimate of drug-likeness (QED) is 0.720. The summed E-state index contributed by atoms with van der Waals surface area (Å²) >= 11 is 1.48. The molecule has 7 heteroatoms. The highest BCUT2D eigenvalue weighted by atomic mass is 32.1. The zero-order valence-electron chi connectivity index (χ0n) is 11.9. The summed E-state index contributed by atoms with van der Waals surface area (Å²) in [5.41, 5.74) is 0. The van der Waals surface area contributed by atoms with Crippen molar-refractivity contribution in [2.24, 2.45) is 11.8 Å². The number of amides is 2. The summed E-state index contributed by atoms with van der Waals surface area (Å²) in [5.74, 6) is -1.51. The Morgan fingerprint density at radius 2 is 2.15 bits per heavy atom. The number of hydrogen-bond donors (Lipinski definition) is 3. The maximum absolute atomic E-state index is 11.8. The van der Waals surface area contributed by atoms with Crippen LogP contribution in [0.1, 0.15) is 38.2 Å². The minimum Gasteiger partial charge on any atom is -0.481 e. The summed E-state index contributed by atoms with van der Waals surface area (Å²) < 4.78 is 0. The molecular weight excluding hydrogens is 278 g/mol. The number of nitrogens with zero attached hydrogens (tertiary/aromatic N) is 1. The Labute approximate surface area is 122 Å². The van der Waals surface area contributed by atoms with Gasteiger partial charge in [0.1, 0.15) is 5.01 Å². The molecule has 0 aliphatic carbocycles. The molecule has 0 fully saturated rings. The molecule has 3 N–H and O–H groups in total. The molecular formula is C13H21N3O3S. The van der Waals surface area contributed by atoms with Crippen molar-refractivity contribution < 1.29 is 14.7 Å². The van der Waals surface area contributed by atoms with Gasteiger partial charge in [0.15, 0.2) is 0 Å². The van der Waals surface area contributed by atoms with Crippen LogP contribution in [0.4, 0.5) is 4.79 Å². The molecule has 0 aromatic carbocycles. The fraction of sp³-hybridized carbons (Fsp3) is 0.615. The minimum atomic E-state index is -0.896. The molecule has 0 aliphatic rings. The Kier molecular flexibility index (Phi) is 6.44. The van der Waals surface area contributed by atoms with E-state index in [1.165, 1.54) is 11.3 Å². The van der Waals surface area contributed by atoms with Crippen molar-refractivity contribution in [3.05, 3.63) is 16.6 Å². The summed E-state index contributed by atoms with van der Waals surface area (Å²) in [6.07, 6.45) is 2.43. The molecule has 1 rings (SSSR count). The largest absolute Gasteiger partial charge is 0.481 e. The Morgan fingerprint density at radius 1 is 1.45 bits per heavy atom. The fourth-order valence-electron chi connectivity index (χ4n) is 1.77. The van der Waals surface area contributed by atoms with Crippen molar-refractivity contribution in [1.82, 2.24) is 15.6 Å². The number of carboxylic acids is 1. The predicted molar refractivity (Wildman–Crippen MR) is 77.6 cm³/mol. The molecule has 0 saturated carbocycles. The van der Waals surface area contributed by atoms with Gasteiger partial charge in [-0.25, -0.2) is 9.78 Å². The van der Waals surface area contributed by atoms with E-state index < -0.39 is 11.9 Å². The second-order valence-corrected chi connectivity index (χ2v) is 5.80. The number of carbonyl (C=O) groups is 2. The van der Waals surface area contributed by atoms with Gasteiger partial charge in [-0.2, -0.15) is 0 Å². The van der Waals surface area contributed by atoms with Gasteiger partial charge in [0.2, 0.25) is 0 Å². The maximum Gasteiger partial charge on any atom is 0.315 e. The van der Waals surface area contributed by atoms with Crippen LogP contribution in [0.25, 0.3) is 0 Å². The standard InChI is InChI=1S/C13H21N3O3S/c1-4-10(11-14-5-6-20-11)16-13(19)15-7-9(8(2)3)12(17)18/h5-6,8-10H,4,7H2,1-3H3,(H,17,18)(H2,15,16,19). The summed E-state index contributed by atoms with van der Waals surface area (Å²) in [5, 5.41) is 17.2. The molecule has 0 spiro atoms. The molecule has 0 radical (unpaired) electrons. The molecule has 112 valence electrons. The van der Waals surface area contributed by atoms with E-state index >= 15 is 0 Å². The van der Waals surface area contributed by atoms with Crippen LogP contribution in [0.3, 0.4) is 0 Å². The molecule has 1 aromatic heterocycles. The number of hydrogen-bond acceptors (Lipinski definition) is 4. The number of thiazole rings is 1. The first-order chi connectivity index (χ1) is 9.45. The lowest BCUT2D eigenvalue weighted by molar-refractivity contribution is -0.142. The lowest BCUT2D eigenvalue weighted by Gasteiger charge is -2.19. The normalized spacial score (nSPS) is 13.8. The van der Waals surface area contributed by atoms with Gasteiger partial charge in [0.05, 0.1) is 12.0 Å². The van der Waals surface area contributed by atoms with Crippen LogP contribution in [-0.4, -0.2) is 28.6 Å². The number of nitrogens with one attached hydrogen (secondary N) is 2. The van der Waals surface area contributed by atoms with E-state index in [4.69, 9.17) is 5.11 Å². The highest BCUT2D eigenvalue weighted by molar-refractivity contribution is 7.09. The van der Waals surface area contributed by atoms with E-state index in [-0.39, 0.29) is 24.5 Å². The van der Waals surface area contributed by atoms with Crippen LogP contribution in [0.2, 0.25) is 0 Å². The highest BCUT2D eigenvalue weighted by Crippen LogP contribution is 2.18. The van der Waals surface area contributed by atoms with Crippen molar-refractivity contribution >= 4 is 23.3 Å². The third-order valence-corrected chi connectivity index (χ3v) is 3.96. The molecule has 0 aliphatic heterocycles. The van der Waals surface area contributed by atoms with E-state index in [9.17, 15) is 9.59 Å². The van der Waals surface area contributed by atoms with Gasteiger partial charge in [0, 0.05) is 18.1 Å². The molecule has 0 saturated heterocycles. The van der Waals surface area contributed by atoms with Crippen molar-refractivity contribution in [3.8, 4) is 0 Å². The maximum atomic E-state index is 11.8. The first-order valence-corrected chi connectivity index (χ1v) is 7.50. The second-order valence-electron chi connectivity index (χ2n) is 4.87. The predicted octanol–water partition coefficient (Wildman–Crippen LogP) is 2.25. The number of carbonyl (C=O) groups excluding carboxylic acids is 1. The van der Waals surface area contributed by atoms with E-state index in [0.29, 0.717) is 0 Å². The average molecular weight is 299 g/mol. The third kappa shape index (κ3) is 4.80. The number of aromatic nitrogens is 1. The Balaban J connectivity index is 2.48. The van der Waals surface area contributed by atoms with E-state index in [1.807, 2.05) is 26.2 Å². The van der Waals surface area contributed by atoms with Crippen LogP contribution in [0.5, 0.6) is 0 Å². The Bertz CT molecular complexity index is 434. The Morgan fingerprint density at radius 3 is 2.60 bits per heavy atom. The van der Waals surface area contributed by atoms with Crippen molar-refractivity contribution in [3.63, 3.8) is 0 Å². The van der Waals surface area contributed by atoms with Crippen molar-refractivity contribution in [2.45, 2.75) is 33.2 Å². The lowest BCUT2D eigenvalue weighted by atomic mass is 9.96. The van der Waals surface area contributed by atoms with Crippen molar-refractivity contribution in [1.29, 1.82) is 0 Å². The highest BCUT2D eigenvalue weighted by Gasteiger charge is 2.22. The van der Waals surface area contributed by atoms with Gasteiger partial charge in [-0.3, -0.25) is 4.79 Å². The van der Waals surface area contributed by atoms with Crippen LogP contribution in [0, 0.1) is 11.8 Å². The molecule has 0 bridgehead atoms. The van der Waals surface area contributed by atoms with Gasteiger partial charge < -0.3 is 15.7 Å². The minimum absolute atomic E-state index is 0.0336. The molecule has 6 nitrogen and oxygen atoms in total. The summed E-state index contributed by atoms with van der Waals surface area (Å²) in [4.78, 5) is 27.0. The lowest BCUT2D eigenvalue weighted by Crippen LogP contribution is -2.42. The number of urea groups is 1. The molecule has 2 unspecified atom stereocenters. The third-order valence-electron chi connectivity index (χ3n) is 3.07. The van der Waals surface area contributed by atoms with Gasteiger partial charge in [-0.15, -0.1) is 11.3 Å². The van der Waals surface area contributed by atoms with Crippen LogP contribution >= 0.6 is 11.3 Å². The number of rotatable bonds is 7.